The van der Waals surface area contributed by atoms with Crippen molar-refractivity contribution in [2.45, 2.75) is 59.3 Å². The zero-order valence-corrected chi connectivity index (χ0v) is 38.7. The summed E-state index contributed by atoms with van der Waals surface area (Å²) >= 11 is 0. The van der Waals surface area contributed by atoms with Crippen molar-refractivity contribution in [2.75, 3.05) is 0 Å². The van der Waals surface area contributed by atoms with Gasteiger partial charge >= 0.3 is 0 Å². The van der Waals surface area contributed by atoms with Gasteiger partial charge in [-0.05, 0) is 87.7 Å². The molecule has 0 aliphatic rings. The van der Waals surface area contributed by atoms with E-state index >= 15 is 0 Å². The van der Waals surface area contributed by atoms with Gasteiger partial charge in [0.15, 0.2) is 0 Å². The molecule has 0 saturated heterocycles. The second-order valence-corrected chi connectivity index (χ2v) is 17.0. The molecule has 11 rings (SSSR count). The Kier molecular flexibility index (Phi) is 11.5. The summed E-state index contributed by atoms with van der Waals surface area (Å²) in [7, 11) is 0. The van der Waals surface area contributed by atoms with Crippen LogP contribution in [-0.2, 0) is 20.1 Å². The number of hydrogen-bond acceptors (Lipinski definition) is 3. The topological polar surface area (TPSA) is 48.8 Å². The van der Waals surface area contributed by atoms with Gasteiger partial charge in [0.25, 0.3) is 0 Å². The molecule has 1 radical (unpaired) electrons. The molecule has 63 heavy (non-hydrogen) atoms. The first-order valence-electron chi connectivity index (χ1n) is 21.7. The Morgan fingerprint density at radius 2 is 1.08 bits per heavy atom. The Balaban J connectivity index is 0.000000160. The van der Waals surface area contributed by atoms with Crippen LogP contribution >= 0.6 is 0 Å². The third kappa shape index (κ3) is 7.48. The van der Waals surface area contributed by atoms with Crippen LogP contribution < -0.4 is 0 Å². The maximum atomic E-state index is 6.40. The summed E-state index contributed by atoms with van der Waals surface area (Å²) in [6.07, 6.45) is 0. The molecule has 5 nitrogen and oxygen atoms in total. The smallest absolute Gasteiger partial charge is 0.120 e. The zero-order valence-electron chi connectivity index (χ0n) is 36.4. The van der Waals surface area contributed by atoms with Crippen LogP contribution in [-0.4, -0.2) is 19.1 Å². The van der Waals surface area contributed by atoms with E-state index in [1.165, 1.54) is 38.8 Å². The molecule has 0 aliphatic heterocycles. The largest absolute Gasteiger partial charge is 0.501 e. The van der Waals surface area contributed by atoms with Crippen LogP contribution in [0.25, 0.3) is 88.9 Å². The van der Waals surface area contributed by atoms with Gasteiger partial charge in [0, 0.05) is 36.9 Å². The first-order valence-corrected chi connectivity index (χ1v) is 21.7. The molecule has 0 saturated carbocycles. The summed E-state index contributed by atoms with van der Waals surface area (Å²) in [5.41, 5.74) is 14.1. The number of rotatable bonds is 7. The van der Waals surface area contributed by atoms with Gasteiger partial charge in [-0.25, -0.2) is 0 Å². The number of fused-ring (bicyclic) bond motifs is 6. The van der Waals surface area contributed by atoms with E-state index in [9.17, 15) is 0 Å². The van der Waals surface area contributed by atoms with E-state index in [0.29, 0.717) is 17.8 Å². The molecule has 0 spiro atoms. The second kappa shape index (κ2) is 17.3. The van der Waals surface area contributed by atoms with E-state index in [2.05, 4.69) is 178 Å². The number of imidazole rings is 2. The standard InChI is InChI=1S/C31H27N2O.C26H21N2.Ir/c1-19(2)21-12-9-13-22(20(3)4)29(21)33-27-17-7-6-16-26(27)32-31(33)25-15-10-14-24-23-11-5-8-18-28(23)34-30(24)25;1-18(2)22-16-20-12-6-7-13-21(20)17-25(22)28-24-15-9-8-14-23(24)27-26(28)19-10-4-3-5-11-19;/h5-14,16-20H,1-4H3;3-10,12-18H,1-2H3;/q2*-1;. The minimum absolute atomic E-state index is 0. The predicted octanol–water partition coefficient (Wildman–Crippen LogP) is 15.4. The normalized spacial score (nSPS) is 11.6. The number of benzene rings is 8. The van der Waals surface area contributed by atoms with Crippen LogP contribution in [0.4, 0.5) is 0 Å². The van der Waals surface area contributed by atoms with E-state index < -0.39 is 0 Å². The second-order valence-electron chi connectivity index (χ2n) is 17.0. The average Bonchev–Trinajstić information content (AvgIpc) is 4.00. The van der Waals surface area contributed by atoms with Crippen molar-refractivity contribution >= 4 is 54.8 Å². The summed E-state index contributed by atoms with van der Waals surface area (Å²) in [5, 5.41) is 4.71. The number of para-hydroxylation sites is 6. The van der Waals surface area contributed by atoms with Gasteiger partial charge in [0.2, 0.25) is 0 Å². The van der Waals surface area contributed by atoms with Crippen molar-refractivity contribution in [3.63, 3.8) is 0 Å². The van der Waals surface area contributed by atoms with Crippen LogP contribution in [0.1, 0.15) is 76.0 Å². The zero-order chi connectivity index (χ0) is 42.5. The molecule has 0 fully saturated rings. The quantitative estimate of drug-likeness (QED) is 0.150. The molecule has 0 unspecified atom stereocenters. The maximum Gasteiger partial charge on any atom is 0.120 e. The minimum Gasteiger partial charge on any atom is -0.501 e. The maximum absolute atomic E-state index is 6.40. The number of hydrogen-bond donors (Lipinski definition) is 0. The van der Waals surface area contributed by atoms with Gasteiger partial charge in [0.1, 0.15) is 5.58 Å². The molecule has 3 heterocycles. The molecule has 0 amide bonds. The van der Waals surface area contributed by atoms with Crippen LogP contribution in [0.5, 0.6) is 0 Å². The van der Waals surface area contributed by atoms with E-state index in [-0.39, 0.29) is 20.1 Å². The van der Waals surface area contributed by atoms with Gasteiger partial charge in [-0.2, -0.15) is 0 Å². The van der Waals surface area contributed by atoms with E-state index in [4.69, 9.17) is 14.4 Å². The fourth-order valence-corrected chi connectivity index (χ4v) is 8.93. The molecule has 0 aliphatic carbocycles. The van der Waals surface area contributed by atoms with Crippen molar-refractivity contribution in [3.8, 4) is 34.2 Å². The predicted molar refractivity (Wildman–Crippen MR) is 258 cm³/mol. The van der Waals surface area contributed by atoms with E-state index in [1.807, 2.05) is 48.5 Å². The number of aromatic nitrogens is 4. The molecule has 11 aromatic rings. The molecule has 8 aromatic carbocycles. The molecule has 3 aromatic heterocycles. The fraction of sp³-hybridized carbons (Fsp3) is 0.158. The molecule has 0 atom stereocenters. The Morgan fingerprint density at radius 1 is 0.492 bits per heavy atom. The van der Waals surface area contributed by atoms with Gasteiger partial charge in [0.05, 0.1) is 39.3 Å². The van der Waals surface area contributed by atoms with E-state index in [1.54, 1.807) is 0 Å². The summed E-state index contributed by atoms with van der Waals surface area (Å²) in [4.78, 5) is 10.1. The van der Waals surface area contributed by atoms with Crippen molar-refractivity contribution in [3.05, 3.63) is 193 Å². The van der Waals surface area contributed by atoms with Crippen molar-refractivity contribution in [1.29, 1.82) is 0 Å². The minimum atomic E-state index is 0. The average molecular weight is 997 g/mol. The van der Waals surface area contributed by atoms with Gasteiger partial charge < -0.3 is 13.6 Å². The summed E-state index contributed by atoms with van der Waals surface area (Å²) in [6, 6.07) is 63.7. The monoisotopic (exact) mass is 997 g/mol. The molecule has 0 N–H and O–H groups in total. The van der Waals surface area contributed by atoms with Crippen LogP contribution in [0.2, 0.25) is 0 Å². The summed E-state index contributed by atoms with van der Waals surface area (Å²) < 4.78 is 11.0. The van der Waals surface area contributed by atoms with Crippen molar-refractivity contribution < 1.29 is 24.5 Å². The van der Waals surface area contributed by atoms with Crippen molar-refractivity contribution in [2.24, 2.45) is 0 Å². The number of nitrogens with zero attached hydrogens (tertiary/aromatic N) is 4. The SMILES string of the molecule is CC(C)c1cc2ccccc2cc1-n1c(-c2[c-]cccc2)nc2ccccc21.CC(C)c1cccc(C(C)C)c1-n1c(-c2[c-]ccc3c2oc2ccccc23)nc2ccccc21.[Ir]. The van der Waals surface area contributed by atoms with Gasteiger partial charge in [-0.3, -0.25) is 9.97 Å². The molecular formula is C57H48IrN4O-2. The third-order valence-corrected chi connectivity index (χ3v) is 12.0. The molecule has 313 valence electrons. The van der Waals surface area contributed by atoms with Crippen LogP contribution in [0.3, 0.4) is 0 Å². The van der Waals surface area contributed by atoms with Crippen molar-refractivity contribution in [1.82, 2.24) is 19.1 Å². The molecular weight excluding hydrogens is 949 g/mol. The van der Waals surface area contributed by atoms with Crippen LogP contribution in [0, 0.1) is 12.1 Å². The Bertz CT molecular complexity index is 3380. The van der Waals surface area contributed by atoms with Crippen LogP contribution in [0.15, 0.2) is 168 Å². The Labute approximate surface area is 382 Å². The van der Waals surface area contributed by atoms with E-state index in [0.717, 1.165) is 66.8 Å². The summed E-state index contributed by atoms with van der Waals surface area (Å²) in [6.45, 7) is 13.5. The third-order valence-electron chi connectivity index (χ3n) is 12.0. The molecule has 6 heteroatoms. The first kappa shape index (κ1) is 41.7. The Morgan fingerprint density at radius 3 is 1.75 bits per heavy atom. The van der Waals surface area contributed by atoms with Gasteiger partial charge in [-0.1, -0.05) is 137 Å². The summed E-state index contributed by atoms with van der Waals surface area (Å²) in [5.74, 6) is 2.93. The van der Waals surface area contributed by atoms with Gasteiger partial charge in [-0.15, -0.1) is 54.1 Å². The first-order chi connectivity index (χ1) is 30.3. The molecule has 0 bridgehead atoms. The number of furan rings is 1. The Hall–Kier alpha value is -6.59. The fourth-order valence-electron chi connectivity index (χ4n) is 8.93.